The minimum absolute atomic E-state index is 0.307. The lowest BCUT2D eigenvalue weighted by Gasteiger charge is -2.35. The topological polar surface area (TPSA) is 102 Å². The standard InChI is InChI=1S/C20H22N6O2/c21-20-22-15-6-3-11(8-16(15)23-20)17-24-18(14-2-1-7-27-19(14)25-17)26-9-12-4-5-13(10-26)28-12/h3,6,8,12-13H,1-2,4-5,7,9-10H2,(H3,21,22,23). The lowest BCUT2D eigenvalue weighted by molar-refractivity contribution is 0.0301. The molecule has 1 aromatic carbocycles. The second kappa shape index (κ2) is 6.07. The van der Waals surface area contributed by atoms with Gasteiger partial charge >= 0.3 is 0 Å². The van der Waals surface area contributed by atoms with E-state index in [2.05, 4.69) is 14.9 Å². The number of nitrogens with one attached hydrogen (secondary N) is 1. The Bertz CT molecular complexity index is 1050. The first-order valence-corrected chi connectivity index (χ1v) is 9.93. The van der Waals surface area contributed by atoms with Gasteiger partial charge in [-0.1, -0.05) is 0 Å². The van der Waals surface area contributed by atoms with Gasteiger partial charge in [-0.25, -0.2) is 9.97 Å². The van der Waals surface area contributed by atoms with Crippen LogP contribution in [0, 0.1) is 0 Å². The van der Waals surface area contributed by atoms with Gasteiger partial charge in [0.1, 0.15) is 5.82 Å². The molecule has 3 aromatic rings. The number of imidazole rings is 1. The van der Waals surface area contributed by atoms with Gasteiger partial charge < -0.3 is 25.1 Å². The van der Waals surface area contributed by atoms with Gasteiger partial charge in [0.15, 0.2) is 11.8 Å². The molecule has 3 aliphatic heterocycles. The van der Waals surface area contributed by atoms with E-state index in [9.17, 15) is 0 Å². The van der Waals surface area contributed by atoms with E-state index in [0.29, 0.717) is 36.5 Å². The fraction of sp³-hybridized carbons (Fsp3) is 0.450. The normalized spacial score (nSPS) is 23.6. The molecule has 6 rings (SSSR count). The maximum atomic E-state index is 6.02. The molecule has 2 fully saturated rings. The lowest BCUT2D eigenvalue weighted by Crippen LogP contribution is -2.43. The number of H-pyrrole nitrogens is 1. The van der Waals surface area contributed by atoms with Crippen LogP contribution in [0.15, 0.2) is 18.2 Å². The van der Waals surface area contributed by atoms with Gasteiger partial charge in [-0.05, 0) is 43.9 Å². The first kappa shape index (κ1) is 16.1. The Morgan fingerprint density at radius 2 is 1.96 bits per heavy atom. The number of ether oxygens (including phenoxy) is 2. The molecule has 2 atom stereocenters. The summed E-state index contributed by atoms with van der Waals surface area (Å²) in [6.45, 7) is 2.47. The van der Waals surface area contributed by atoms with Crippen LogP contribution in [0.1, 0.15) is 24.8 Å². The molecule has 2 unspecified atom stereocenters. The molecule has 144 valence electrons. The molecule has 5 heterocycles. The minimum atomic E-state index is 0.307. The van der Waals surface area contributed by atoms with Crippen molar-refractivity contribution in [1.29, 1.82) is 0 Å². The zero-order valence-corrected chi connectivity index (χ0v) is 15.5. The third-order valence-electron chi connectivity index (χ3n) is 5.86. The number of aromatic amines is 1. The third kappa shape index (κ3) is 2.59. The van der Waals surface area contributed by atoms with Crippen LogP contribution in [0.2, 0.25) is 0 Å². The molecule has 8 heteroatoms. The SMILES string of the molecule is Nc1nc2ccc(-c3nc4c(c(N5CC6CCC(C5)O6)n3)CCCO4)cc2[nH]1. The van der Waals surface area contributed by atoms with E-state index in [0.717, 1.165) is 66.8 Å². The summed E-state index contributed by atoms with van der Waals surface area (Å²) in [5.41, 5.74) is 9.55. The van der Waals surface area contributed by atoms with Crippen molar-refractivity contribution >= 4 is 22.8 Å². The number of rotatable bonds is 2. The van der Waals surface area contributed by atoms with E-state index in [-0.39, 0.29) is 0 Å². The predicted molar refractivity (Wildman–Crippen MR) is 105 cm³/mol. The van der Waals surface area contributed by atoms with Gasteiger partial charge in [0, 0.05) is 18.7 Å². The molecule has 2 bridgehead atoms. The number of benzene rings is 1. The second-order valence-electron chi connectivity index (χ2n) is 7.82. The molecule has 8 nitrogen and oxygen atoms in total. The quantitative estimate of drug-likeness (QED) is 0.705. The van der Waals surface area contributed by atoms with E-state index in [1.165, 1.54) is 0 Å². The van der Waals surface area contributed by atoms with Crippen molar-refractivity contribution in [3.63, 3.8) is 0 Å². The smallest absolute Gasteiger partial charge is 0.222 e. The summed E-state index contributed by atoms with van der Waals surface area (Å²) in [5.74, 6) is 2.80. The van der Waals surface area contributed by atoms with Crippen molar-refractivity contribution in [3.8, 4) is 17.3 Å². The highest BCUT2D eigenvalue weighted by molar-refractivity contribution is 5.82. The number of hydrogen-bond donors (Lipinski definition) is 2. The van der Waals surface area contributed by atoms with Crippen LogP contribution in [-0.4, -0.2) is 51.8 Å². The molecule has 0 saturated carbocycles. The summed E-state index contributed by atoms with van der Waals surface area (Å²) in [6.07, 6.45) is 4.83. The summed E-state index contributed by atoms with van der Waals surface area (Å²) in [5, 5.41) is 0. The molecule has 2 saturated heterocycles. The average molecular weight is 378 g/mol. The van der Waals surface area contributed by atoms with Crippen molar-refractivity contribution in [2.24, 2.45) is 0 Å². The molecule has 3 aliphatic rings. The third-order valence-corrected chi connectivity index (χ3v) is 5.86. The predicted octanol–water partition coefficient (Wildman–Crippen LogP) is 2.29. The number of nitrogens with zero attached hydrogens (tertiary/aromatic N) is 4. The fourth-order valence-corrected chi connectivity index (χ4v) is 4.55. The largest absolute Gasteiger partial charge is 0.477 e. The maximum absolute atomic E-state index is 6.02. The first-order chi connectivity index (χ1) is 13.7. The zero-order valence-electron chi connectivity index (χ0n) is 15.5. The molecule has 2 aromatic heterocycles. The summed E-state index contributed by atoms with van der Waals surface area (Å²) in [7, 11) is 0. The van der Waals surface area contributed by atoms with Crippen molar-refractivity contribution in [2.45, 2.75) is 37.9 Å². The van der Waals surface area contributed by atoms with Gasteiger partial charge in [0.05, 0.1) is 35.4 Å². The minimum Gasteiger partial charge on any atom is -0.477 e. The first-order valence-electron chi connectivity index (χ1n) is 9.93. The Kier molecular flexibility index (Phi) is 3.49. The van der Waals surface area contributed by atoms with Crippen LogP contribution in [0.3, 0.4) is 0 Å². The van der Waals surface area contributed by atoms with Crippen LogP contribution < -0.4 is 15.4 Å². The average Bonchev–Trinajstić information content (AvgIpc) is 3.26. The Morgan fingerprint density at radius 3 is 2.82 bits per heavy atom. The van der Waals surface area contributed by atoms with Crippen molar-refractivity contribution in [1.82, 2.24) is 19.9 Å². The molecule has 0 amide bonds. The summed E-state index contributed by atoms with van der Waals surface area (Å²) < 4.78 is 11.9. The fourth-order valence-electron chi connectivity index (χ4n) is 4.55. The van der Waals surface area contributed by atoms with Gasteiger partial charge in [-0.3, -0.25) is 0 Å². The molecular weight excluding hydrogens is 356 g/mol. The highest BCUT2D eigenvalue weighted by Crippen LogP contribution is 2.37. The number of nitrogen functional groups attached to an aromatic ring is 1. The van der Waals surface area contributed by atoms with Crippen LogP contribution in [0.5, 0.6) is 5.88 Å². The summed E-state index contributed by atoms with van der Waals surface area (Å²) >= 11 is 0. The van der Waals surface area contributed by atoms with Gasteiger partial charge in [-0.2, -0.15) is 4.98 Å². The van der Waals surface area contributed by atoms with Crippen molar-refractivity contribution in [3.05, 3.63) is 23.8 Å². The van der Waals surface area contributed by atoms with Crippen LogP contribution in [0.4, 0.5) is 11.8 Å². The van der Waals surface area contributed by atoms with E-state index >= 15 is 0 Å². The van der Waals surface area contributed by atoms with E-state index in [1.807, 2.05) is 18.2 Å². The molecule has 28 heavy (non-hydrogen) atoms. The summed E-state index contributed by atoms with van der Waals surface area (Å²) in [4.78, 5) is 19.5. The van der Waals surface area contributed by atoms with E-state index < -0.39 is 0 Å². The Balaban J connectivity index is 1.46. The number of nitrogens with two attached hydrogens (primary N) is 1. The van der Waals surface area contributed by atoms with E-state index in [1.54, 1.807) is 0 Å². The van der Waals surface area contributed by atoms with Crippen LogP contribution >= 0.6 is 0 Å². The van der Waals surface area contributed by atoms with Crippen LogP contribution in [0.25, 0.3) is 22.4 Å². The monoisotopic (exact) mass is 378 g/mol. The number of fused-ring (bicyclic) bond motifs is 4. The molecule has 0 radical (unpaired) electrons. The van der Waals surface area contributed by atoms with Gasteiger partial charge in [0.25, 0.3) is 0 Å². The van der Waals surface area contributed by atoms with Gasteiger partial charge in [0.2, 0.25) is 5.88 Å². The molecule has 0 spiro atoms. The number of hydrogen-bond acceptors (Lipinski definition) is 7. The zero-order chi connectivity index (χ0) is 18.7. The second-order valence-corrected chi connectivity index (χ2v) is 7.82. The van der Waals surface area contributed by atoms with Gasteiger partial charge in [-0.15, -0.1) is 0 Å². The maximum Gasteiger partial charge on any atom is 0.222 e. The Labute approximate surface area is 162 Å². The number of anilines is 2. The van der Waals surface area contributed by atoms with Crippen LogP contribution in [-0.2, 0) is 11.2 Å². The Morgan fingerprint density at radius 1 is 1.11 bits per heavy atom. The number of aromatic nitrogens is 4. The molecular formula is C20H22N6O2. The highest BCUT2D eigenvalue weighted by Gasteiger charge is 2.36. The van der Waals surface area contributed by atoms with Crippen molar-refractivity contribution < 1.29 is 9.47 Å². The number of morpholine rings is 1. The Hall–Kier alpha value is -2.87. The van der Waals surface area contributed by atoms with Crippen molar-refractivity contribution in [2.75, 3.05) is 30.3 Å². The lowest BCUT2D eigenvalue weighted by atomic mass is 10.1. The molecule has 0 aliphatic carbocycles. The molecule has 3 N–H and O–H groups in total. The van der Waals surface area contributed by atoms with E-state index in [4.69, 9.17) is 25.2 Å². The highest BCUT2D eigenvalue weighted by atomic mass is 16.5. The summed E-state index contributed by atoms with van der Waals surface area (Å²) in [6, 6.07) is 5.92.